The number of anilines is 1. The summed E-state index contributed by atoms with van der Waals surface area (Å²) in [7, 11) is 0. The van der Waals surface area contributed by atoms with Crippen LogP contribution < -0.4 is 19.5 Å². The summed E-state index contributed by atoms with van der Waals surface area (Å²) >= 11 is 1.56. The number of hydrogen-bond acceptors (Lipinski definition) is 6. The minimum atomic E-state index is -0.275. The zero-order valence-corrected chi connectivity index (χ0v) is 19.1. The lowest BCUT2D eigenvalue weighted by Gasteiger charge is -2.17. The Morgan fingerprint density at radius 3 is 2.38 bits per heavy atom. The van der Waals surface area contributed by atoms with Crippen LogP contribution in [0.15, 0.2) is 54.2 Å². The topological polar surface area (TPSA) is 74.1 Å². The number of amides is 1. The maximum atomic E-state index is 13.2. The molecule has 1 amide bonds. The van der Waals surface area contributed by atoms with Gasteiger partial charge in [0.25, 0.3) is 5.91 Å². The summed E-state index contributed by atoms with van der Waals surface area (Å²) in [4.78, 5) is 18.8. The Bertz CT molecular complexity index is 1180. The Hall–Kier alpha value is -3.52. The quantitative estimate of drug-likeness (QED) is 0.363. The maximum Gasteiger partial charge on any atom is 0.255 e. The Balaban J connectivity index is 1.68. The molecule has 2 aromatic carbocycles. The van der Waals surface area contributed by atoms with E-state index in [1.807, 2.05) is 67.2 Å². The van der Waals surface area contributed by atoms with Crippen LogP contribution in [0.25, 0.3) is 16.2 Å². The van der Waals surface area contributed by atoms with Gasteiger partial charge in [-0.05, 0) is 39.0 Å². The average molecular weight is 452 g/mol. The van der Waals surface area contributed by atoms with Crippen LogP contribution in [0.3, 0.4) is 0 Å². The highest BCUT2D eigenvalue weighted by Crippen LogP contribution is 2.39. The van der Waals surface area contributed by atoms with Crippen molar-refractivity contribution in [3.63, 3.8) is 0 Å². The first-order valence-corrected chi connectivity index (χ1v) is 11.4. The van der Waals surface area contributed by atoms with Crippen molar-refractivity contribution in [1.82, 2.24) is 9.38 Å². The highest BCUT2D eigenvalue weighted by atomic mass is 32.1. The Morgan fingerprint density at radius 1 is 1.03 bits per heavy atom. The molecule has 0 radical (unpaired) electrons. The monoisotopic (exact) mass is 451 g/mol. The van der Waals surface area contributed by atoms with Crippen molar-refractivity contribution in [3.8, 4) is 28.5 Å². The second kappa shape index (κ2) is 9.74. The van der Waals surface area contributed by atoms with Crippen LogP contribution in [0.1, 0.15) is 31.1 Å². The van der Waals surface area contributed by atoms with E-state index < -0.39 is 0 Å². The van der Waals surface area contributed by atoms with E-state index in [1.165, 1.54) is 0 Å². The van der Waals surface area contributed by atoms with E-state index in [1.54, 1.807) is 23.5 Å². The number of para-hydroxylation sites is 1. The molecule has 2 aromatic heterocycles. The molecule has 0 saturated carbocycles. The first-order chi connectivity index (χ1) is 15.6. The number of nitrogens with one attached hydrogen (secondary N) is 1. The molecular weight excluding hydrogens is 426 g/mol. The molecule has 0 fully saturated rings. The van der Waals surface area contributed by atoms with Gasteiger partial charge in [-0.3, -0.25) is 9.20 Å². The largest absolute Gasteiger partial charge is 0.490 e. The number of ether oxygens (including phenoxy) is 3. The average Bonchev–Trinajstić information content (AvgIpc) is 3.39. The van der Waals surface area contributed by atoms with Gasteiger partial charge in [0.2, 0.25) is 5.75 Å². The summed E-state index contributed by atoms with van der Waals surface area (Å²) in [5, 5.41) is 5.00. The van der Waals surface area contributed by atoms with Gasteiger partial charge in [-0.25, -0.2) is 4.98 Å². The second-order valence-corrected chi connectivity index (χ2v) is 7.69. The molecule has 4 aromatic rings. The molecule has 1 N–H and O–H groups in total. The molecule has 0 aliphatic carbocycles. The molecule has 0 aliphatic heterocycles. The lowest BCUT2D eigenvalue weighted by Crippen LogP contribution is -2.14. The van der Waals surface area contributed by atoms with Gasteiger partial charge < -0.3 is 19.5 Å². The predicted molar refractivity (Wildman–Crippen MR) is 126 cm³/mol. The Labute approximate surface area is 190 Å². The van der Waals surface area contributed by atoms with Crippen molar-refractivity contribution in [3.05, 3.63) is 59.7 Å². The van der Waals surface area contributed by atoms with Crippen molar-refractivity contribution in [1.29, 1.82) is 0 Å². The van der Waals surface area contributed by atoms with Gasteiger partial charge in [-0.15, -0.1) is 11.3 Å². The number of aromatic nitrogens is 2. The summed E-state index contributed by atoms with van der Waals surface area (Å²) in [6.07, 6.45) is 3.91. The predicted octanol–water partition coefficient (Wildman–Crippen LogP) is 5.51. The van der Waals surface area contributed by atoms with Crippen LogP contribution >= 0.6 is 11.3 Å². The van der Waals surface area contributed by atoms with Gasteiger partial charge in [0, 0.05) is 28.9 Å². The summed E-state index contributed by atoms with van der Waals surface area (Å²) in [5.74, 6) is 1.19. The first-order valence-electron chi connectivity index (χ1n) is 10.5. The molecule has 7 nitrogen and oxygen atoms in total. The number of imidazole rings is 1. The van der Waals surface area contributed by atoms with Crippen LogP contribution in [0, 0.1) is 0 Å². The molecule has 166 valence electrons. The molecule has 2 heterocycles. The normalized spacial score (nSPS) is 10.8. The molecular formula is C24H25N3O4S. The Kier molecular flexibility index (Phi) is 6.61. The van der Waals surface area contributed by atoms with Crippen LogP contribution in [-0.4, -0.2) is 35.1 Å². The molecule has 0 spiro atoms. The van der Waals surface area contributed by atoms with E-state index >= 15 is 0 Å². The lowest BCUT2D eigenvalue weighted by molar-refractivity contribution is 0.102. The van der Waals surface area contributed by atoms with Crippen LogP contribution in [0.2, 0.25) is 0 Å². The van der Waals surface area contributed by atoms with Gasteiger partial charge in [0.15, 0.2) is 16.5 Å². The highest BCUT2D eigenvalue weighted by Gasteiger charge is 2.19. The summed E-state index contributed by atoms with van der Waals surface area (Å²) in [6.45, 7) is 7.00. The summed E-state index contributed by atoms with van der Waals surface area (Å²) in [6, 6.07) is 11.0. The van der Waals surface area contributed by atoms with Crippen LogP contribution in [0.4, 0.5) is 5.69 Å². The molecule has 32 heavy (non-hydrogen) atoms. The van der Waals surface area contributed by atoms with Crippen LogP contribution in [-0.2, 0) is 0 Å². The van der Waals surface area contributed by atoms with Gasteiger partial charge in [-0.2, -0.15) is 0 Å². The van der Waals surface area contributed by atoms with Gasteiger partial charge in [0.1, 0.15) is 0 Å². The number of carbonyl (C=O) groups excluding carboxylic acids is 1. The molecule has 0 unspecified atom stereocenters. The molecule has 0 aliphatic rings. The standard InChI is InChI=1S/C24H25N3O4S/c1-4-29-20-13-16(14-21(30-5-2)22(20)31-6-3)23(28)25-18-10-8-7-9-17(18)19-15-27-11-12-32-24(27)26-19/h7-15H,4-6H2,1-3H3,(H,25,28). The third kappa shape index (κ3) is 4.40. The fourth-order valence-electron chi connectivity index (χ4n) is 3.39. The fraction of sp³-hybridized carbons (Fsp3) is 0.250. The minimum Gasteiger partial charge on any atom is -0.490 e. The van der Waals surface area contributed by atoms with Gasteiger partial charge in [0.05, 0.1) is 31.2 Å². The van der Waals surface area contributed by atoms with E-state index in [9.17, 15) is 4.79 Å². The van der Waals surface area contributed by atoms with Crippen molar-refractivity contribution >= 4 is 27.9 Å². The SMILES string of the molecule is CCOc1cc(C(=O)Nc2ccccc2-c2cn3ccsc3n2)cc(OCC)c1OCC. The van der Waals surface area contributed by atoms with E-state index in [0.717, 1.165) is 16.2 Å². The third-order valence-corrected chi connectivity index (χ3v) is 5.49. The fourth-order valence-corrected chi connectivity index (χ4v) is 4.09. The maximum absolute atomic E-state index is 13.2. The van der Waals surface area contributed by atoms with E-state index in [4.69, 9.17) is 14.2 Å². The number of nitrogens with zero attached hydrogens (tertiary/aromatic N) is 2. The number of hydrogen-bond donors (Lipinski definition) is 1. The molecule has 0 saturated heterocycles. The summed E-state index contributed by atoms with van der Waals surface area (Å²) in [5.41, 5.74) is 2.73. The number of fused-ring (bicyclic) bond motifs is 1. The zero-order valence-electron chi connectivity index (χ0n) is 18.3. The number of carbonyl (C=O) groups is 1. The number of rotatable bonds is 9. The zero-order chi connectivity index (χ0) is 22.5. The van der Waals surface area contributed by atoms with Gasteiger partial charge >= 0.3 is 0 Å². The Morgan fingerprint density at radius 2 is 1.72 bits per heavy atom. The number of thiazole rings is 1. The smallest absolute Gasteiger partial charge is 0.255 e. The number of benzene rings is 2. The lowest BCUT2D eigenvalue weighted by atomic mass is 10.1. The van der Waals surface area contributed by atoms with E-state index in [-0.39, 0.29) is 5.91 Å². The van der Waals surface area contributed by atoms with Crippen molar-refractivity contribution < 1.29 is 19.0 Å². The highest BCUT2D eigenvalue weighted by molar-refractivity contribution is 7.15. The van der Waals surface area contributed by atoms with Crippen LogP contribution in [0.5, 0.6) is 17.2 Å². The van der Waals surface area contributed by atoms with Crippen molar-refractivity contribution in [2.24, 2.45) is 0 Å². The van der Waals surface area contributed by atoms with E-state index in [2.05, 4.69) is 10.3 Å². The third-order valence-electron chi connectivity index (χ3n) is 4.72. The summed E-state index contributed by atoms with van der Waals surface area (Å²) < 4.78 is 19.2. The van der Waals surface area contributed by atoms with Crippen molar-refractivity contribution in [2.45, 2.75) is 20.8 Å². The minimum absolute atomic E-state index is 0.275. The molecule has 4 rings (SSSR count). The molecule has 8 heteroatoms. The van der Waals surface area contributed by atoms with Crippen molar-refractivity contribution in [2.75, 3.05) is 25.1 Å². The molecule has 0 atom stereocenters. The molecule has 0 bridgehead atoms. The first kappa shape index (κ1) is 21.7. The van der Waals surface area contributed by atoms with E-state index in [0.29, 0.717) is 48.3 Å². The van der Waals surface area contributed by atoms with Gasteiger partial charge in [-0.1, -0.05) is 18.2 Å². The second-order valence-electron chi connectivity index (χ2n) is 6.82.